The van der Waals surface area contributed by atoms with E-state index in [4.69, 9.17) is 14.2 Å². The zero-order chi connectivity index (χ0) is 59.9. The molecule has 0 aliphatic rings. The molecule has 0 aliphatic heterocycles. The van der Waals surface area contributed by atoms with Gasteiger partial charge in [0.2, 0.25) is 0 Å². The summed E-state index contributed by atoms with van der Waals surface area (Å²) in [6.07, 6.45) is 93.8. The van der Waals surface area contributed by atoms with Crippen LogP contribution in [0.25, 0.3) is 0 Å². The molecule has 0 saturated carbocycles. The van der Waals surface area contributed by atoms with Crippen LogP contribution in [0.1, 0.15) is 380 Å². The SMILES string of the molecule is CCCC/C=C\CCCCCCCC(=O)OCC(COC(=O)CCCCCCCCCCCCCCCCCCCCCCC/C=C\C/C=C\CCCCCCC)OC(=O)CCCCCCCC/C=C\C/C=C\C/C=C\CCCCCCC. The van der Waals surface area contributed by atoms with Crippen molar-refractivity contribution in [2.24, 2.45) is 0 Å². The summed E-state index contributed by atoms with van der Waals surface area (Å²) in [6.45, 7) is 6.61. The molecule has 0 amide bonds. The van der Waals surface area contributed by atoms with Crippen LogP contribution in [0.5, 0.6) is 0 Å². The molecule has 0 rings (SSSR count). The summed E-state index contributed by atoms with van der Waals surface area (Å²) in [6, 6.07) is 0. The smallest absolute Gasteiger partial charge is 0.306 e. The molecule has 83 heavy (non-hydrogen) atoms. The first kappa shape index (κ1) is 79.8. The fourth-order valence-corrected chi connectivity index (χ4v) is 10.6. The molecule has 0 bridgehead atoms. The van der Waals surface area contributed by atoms with E-state index in [0.717, 1.165) is 96.3 Å². The molecule has 0 radical (unpaired) electrons. The van der Waals surface area contributed by atoms with E-state index < -0.39 is 6.10 Å². The van der Waals surface area contributed by atoms with Crippen LogP contribution in [0.15, 0.2) is 72.9 Å². The van der Waals surface area contributed by atoms with Gasteiger partial charge in [-0.25, -0.2) is 0 Å². The first-order valence-corrected chi connectivity index (χ1v) is 36.4. The van der Waals surface area contributed by atoms with Gasteiger partial charge in [-0.3, -0.25) is 14.4 Å². The molecule has 6 heteroatoms. The van der Waals surface area contributed by atoms with E-state index in [9.17, 15) is 14.4 Å². The highest BCUT2D eigenvalue weighted by atomic mass is 16.6. The van der Waals surface area contributed by atoms with Crippen molar-refractivity contribution in [3.63, 3.8) is 0 Å². The number of ether oxygens (including phenoxy) is 3. The third-order valence-electron chi connectivity index (χ3n) is 16.2. The monoisotopic (exact) mass is 1160 g/mol. The van der Waals surface area contributed by atoms with E-state index in [1.54, 1.807) is 0 Å². The zero-order valence-electron chi connectivity index (χ0n) is 55.5. The predicted molar refractivity (Wildman–Crippen MR) is 362 cm³/mol. The lowest BCUT2D eigenvalue weighted by Crippen LogP contribution is -2.30. The lowest BCUT2D eigenvalue weighted by molar-refractivity contribution is -0.167. The summed E-state index contributed by atoms with van der Waals surface area (Å²) in [4.78, 5) is 38.4. The first-order valence-electron chi connectivity index (χ1n) is 36.4. The topological polar surface area (TPSA) is 78.9 Å². The van der Waals surface area contributed by atoms with Crippen molar-refractivity contribution < 1.29 is 28.6 Å². The zero-order valence-corrected chi connectivity index (χ0v) is 55.5. The first-order chi connectivity index (χ1) is 41.0. The van der Waals surface area contributed by atoms with Gasteiger partial charge in [0.05, 0.1) is 0 Å². The molecular weight excluding hydrogens is 1020 g/mol. The summed E-state index contributed by atoms with van der Waals surface area (Å²) >= 11 is 0. The minimum absolute atomic E-state index is 0.0800. The van der Waals surface area contributed by atoms with E-state index in [2.05, 4.69) is 93.7 Å². The van der Waals surface area contributed by atoms with Crippen LogP contribution < -0.4 is 0 Å². The van der Waals surface area contributed by atoms with Gasteiger partial charge in [0.1, 0.15) is 13.2 Å². The van der Waals surface area contributed by atoms with Gasteiger partial charge in [0.25, 0.3) is 0 Å². The van der Waals surface area contributed by atoms with Crippen molar-refractivity contribution >= 4 is 17.9 Å². The quantitative estimate of drug-likeness (QED) is 0.0261. The van der Waals surface area contributed by atoms with Crippen molar-refractivity contribution in [1.29, 1.82) is 0 Å². The fraction of sp³-hybridized carbons (Fsp3) is 0.805. The minimum atomic E-state index is -0.785. The Morgan fingerprint density at radius 1 is 0.241 bits per heavy atom. The minimum Gasteiger partial charge on any atom is -0.462 e. The van der Waals surface area contributed by atoms with Gasteiger partial charge < -0.3 is 14.2 Å². The Bertz CT molecular complexity index is 1520. The lowest BCUT2D eigenvalue weighted by atomic mass is 10.0. The van der Waals surface area contributed by atoms with Crippen LogP contribution >= 0.6 is 0 Å². The molecule has 0 aromatic carbocycles. The van der Waals surface area contributed by atoms with Gasteiger partial charge in [-0.1, -0.05) is 325 Å². The number of rotatable bonds is 67. The second kappa shape index (κ2) is 71.3. The number of unbranched alkanes of at least 4 members (excludes halogenated alkanes) is 44. The van der Waals surface area contributed by atoms with Gasteiger partial charge >= 0.3 is 17.9 Å². The summed E-state index contributed by atoms with van der Waals surface area (Å²) in [7, 11) is 0. The van der Waals surface area contributed by atoms with Gasteiger partial charge in [0.15, 0.2) is 6.10 Å². The van der Waals surface area contributed by atoms with Crippen LogP contribution in [0.3, 0.4) is 0 Å². The predicted octanol–water partition coefficient (Wildman–Crippen LogP) is 25.2. The van der Waals surface area contributed by atoms with E-state index >= 15 is 0 Å². The third kappa shape index (κ3) is 69.5. The van der Waals surface area contributed by atoms with E-state index in [1.165, 1.54) is 244 Å². The number of hydrogen-bond acceptors (Lipinski definition) is 6. The fourth-order valence-electron chi connectivity index (χ4n) is 10.6. The highest BCUT2D eigenvalue weighted by Crippen LogP contribution is 2.18. The molecule has 0 N–H and O–H groups in total. The Morgan fingerprint density at radius 3 is 0.723 bits per heavy atom. The third-order valence-corrected chi connectivity index (χ3v) is 16.2. The number of hydrogen-bond donors (Lipinski definition) is 0. The van der Waals surface area contributed by atoms with Crippen LogP contribution in [0.4, 0.5) is 0 Å². The molecule has 0 aromatic heterocycles. The van der Waals surface area contributed by atoms with Crippen molar-refractivity contribution in [3.8, 4) is 0 Å². The van der Waals surface area contributed by atoms with Gasteiger partial charge in [-0.2, -0.15) is 0 Å². The Hall–Kier alpha value is -3.15. The van der Waals surface area contributed by atoms with Crippen LogP contribution in [-0.4, -0.2) is 37.2 Å². The normalized spacial score (nSPS) is 12.5. The summed E-state index contributed by atoms with van der Waals surface area (Å²) in [5.74, 6) is -0.884. The molecule has 482 valence electrons. The molecule has 0 aromatic rings. The molecule has 1 atom stereocenters. The van der Waals surface area contributed by atoms with Crippen LogP contribution in [-0.2, 0) is 28.6 Å². The summed E-state index contributed by atoms with van der Waals surface area (Å²) in [5.41, 5.74) is 0. The molecular formula is C77H138O6. The van der Waals surface area contributed by atoms with Crippen molar-refractivity contribution in [2.75, 3.05) is 13.2 Å². The number of esters is 3. The number of carbonyl (C=O) groups is 3. The Labute approximate surface area is 516 Å². The average molecular weight is 1160 g/mol. The van der Waals surface area contributed by atoms with Crippen molar-refractivity contribution in [3.05, 3.63) is 72.9 Å². The molecule has 1 unspecified atom stereocenters. The summed E-state index contributed by atoms with van der Waals surface area (Å²) < 4.78 is 16.9. The molecule has 0 fully saturated rings. The summed E-state index contributed by atoms with van der Waals surface area (Å²) in [5, 5.41) is 0. The van der Waals surface area contributed by atoms with E-state index in [0.29, 0.717) is 19.3 Å². The maximum atomic E-state index is 12.9. The highest BCUT2D eigenvalue weighted by molar-refractivity contribution is 5.71. The van der Waals surface area contributed by atoms with Gasteiger partial charge in [-0.15, -0.1) is 0 Å². The molecule has 6 nitrogen and oxygen atoms in total. The molecule has 0 spiro atoms. The maximum absolute atomic E-state index is 12.9. The van der Waals surface area contributed by atoms with Crippen molar-refractivity contribution in [1.82, 2.24) is 0 Å². The molecule has 0 saturated heterocycles. The maximum Gasteiger partial charge on any atom is 0.306 e. The second-order valence-corrected chi connectivity index (χ2v) is 24.5. The van der Waals surface area contributed by atoms with Crippen molar-refractivity contribution in [2.45, 2.75) is 386 Å². The Kier molecular flexibility index (Phi) is 68.6. The molecule has 0 heterocycles. The van der Waals surface area contributed by atoms with Gasteiger partial charge in [0, 0.05) is 19.3 Å². The van der Waals surface area contributed by atoms with E-state index in [-0.39, 0.29) is 31.1 Å². The van der Waals surface area contributed by atoms with Crippen LogP contribution in [0, 0.1) is 0 Å². The standard InChI is InChI=1S/C77H138O6/c1-4-7-10-13-16-19-22-24-26-28-30-32-33-34-35-36-37-38-39-40-41-42-43-45-46-48-50-52-55-58-61-64-67-70-76(79)82-73-74(72-81-75(78)69-66-63-60-57-54-21-18-15-12-9-6-3)83-77(80)71-68-65-62-59-56-53-51-49-47-44-31-29-27-25-23-20-17-14-11-8-5-2/h15,18,22-25,28-31,47,49,74H,4-14,16-17,19-21,26-27,32-46,48,50-73H2,1-3H3/b18-15-,24-22-,25-23-,30-28-,31-29-,49-47-. The van der Waals surface area contributed by atoms with E-state index in [1.807, 2.05) is 0 Å². The largest absolute Gasteiger partial charge is 0.462 e. The Balaban J connectivity index is 4.14. The molecule has 0 aliphatic carbocycles. The van der Waals surface area contributed by atoms with Crippen LogP contribution in [0.2, 0.25) is 0 Å². The number of allylic oxidation sites excluding steroid dienone is 12. The van der Waals surface area contributed by atoms with Gasteiger partial charge in [-0.05, 0) is 109 Å². The average Bonchev–Trinajstić information content (AvgIpc) is 3.48. The highest BCUT2D eigenvalue weighted by Gasteiger charge is 2.19. The number of carbonyl (C=O) groups excluding carboxylic acids is 3. The Morgan fingerprint density at radius 2 is 0.446 bits per heavy atom. The lowest BCUT2D eigenvalue weighted by Gasteiger charge is -2.18. The second-order valence-electron chi connectivity index (χ2n) is 24.5.